The highest BCUT2D eigenvalue weighted by atomic mass is 16.5. The molecule has 0 amide bonds. The minimum absolute atomic E-state index is 0.00359. The Morgan fingerprint density at radius 1 is 1.65 bits per heavy atom. The Labute approximate surface area is 99.0 Å². The maximum atomic E-state index is 11.2. The number of nitrogens with zero attached hydrogens (tertiary/aromatic N) is 2. The Hall–Kier alpha value is -1.69. The van der Waals surface area contributed by atoms with E-state index in [0.29, 0.717) is 12.4 Å². The number of hydrogen-bond acceptors (Lipinski definition) is 6. The third-order valence-corrected chi connectivity index (χ3v) is 2.96. The van der Waals surface area contributed by atoms with Crippen LogP contribution >= 0.6 is 0 Å². The van der Waals surface area contributed by atoms with E-state index >= 15 is 0 Å². The van der Waals surface area contributed by atoms with Gasteiger partial charge in [-0.25, -0.2) is 14.8 Å². The molecule has 17 heavy (non-hydrogen) atoms. The van der Waals surface area contributed by atoms with Crippen LogP contribution < -0.4 is 5.32 Å². The lowest BCUT2D eigenvalue weighted by atomic mass is 10.1. The zero-order valence-electron chi connectivity index (χ0n) is 9.64. The molecular formula is C11H15N3O3. The van der Waals surface area contributed by atoms with Crippen LogP contribution in [0.3, 0.4) is 0 Å². The number of anilines is 1. The first-order valence-corrected chi connectivity index (χ1v) is 5.45. The number of esters is 1. The molecule has 92 valence electrons. The van der Waals surface area contributed by atoms with Crippen molar-refractivity contribution in [2.45, 2.75) is 12.8 Å². The minimum atomic E-state index is -0.558. The molecule has 6 nitrogen and oxygen atoms in total. The molecule has 0 atom stereocenters. The zero-order chi connectivity index (χ0) is 12.3. The topological polar surface area (TPSA) is 84.3 Å². The fourth-order valence-corrected chi connectivity index (χ4v) is 1.49. The van der Waals surface area contributed by atoms with E-state index in [4.69, 9.17) is 5.11 Å². The van der Waals surface area contributed by atoms with Crippen LogP contribution in [0, 0.1) is 5.41 Å². The van der Waals surface area contributed by atoms with E-state index in [1.54, 1.807) is 6.07 Å². The van der Waals surface area contributed by atoms with E-state index in [-0.39, 0.29) is 17.8 Å². The number of ether oxygens (including phenoxy) is 1. The molecule has 1 saturated carbocycles. The number of hydrogen-bond donors (Lipinski definition) is 2. The molecular weight excluding hydrogens is 222 g/mol. The van der Waals surface area contributed by atoms with Crippen LogP contribution in [0.15, 0.2) is 12.3 Å². The third-order valence-electron chi connectivity index (χ3n) is 2.96. The van der Waals surface area contributed by atoms with Crippen LogP contribution in [-0.4, -0.2) is 41.3 Å². The van der Waals surface area contributed by atoms with Gasteiger partial charge < -0.3 is 15.2 Å². The Morgan fingerprint density at radius 2 is 2.41 bits per heavy atom. The Morgan fingerprint density at radius 3 is 3.00 bits per heavy atom. The fourth-order valence-electron chi connectivity index (χ4n) is 1.49. The van der Waals surface area contributed by atoms with Gasteiger partial charge in [-0.05, 0) is 18.9 Å². The van der Waals surface area contributed by atoms with Crippen molar-refractivity contribution in [1.82, 2.24) is 9.97 Å². The fraction of sp³-hybridized carbons (Fsp3) is 0.545. The number of nitrogens with one attached hydrogen (secondary N) is 1. The number of aromatic nitrogens is 2. The van der Waals surface area contributed by atoms with Gasteiger partial charge in [0.15, 0.2) is 0 Å². The summed E-state index contributed by atoms with van der Waals surface area (Å²) in [5, 5.41) is 12.3. The minimum Gasteiger partial charge on any atom is -0.463 e. The average Bonchev–Trinajstić information content (AvgIpc) is 3.16. The van der Waals surface area contributed by atoms with Gasteiger partial charge in [0, 0.05) is 18.2 Å². The molecule has 0 saturated heterocycles. The molecule has 1 heterocycles. The van der Waals surface area contributed by atoms with Gasteiger partial charge in [-0.15, -0.1) is 0 Å². The summed E-state index contributed by atoms with van der Waals surface area (Å²) in [5.74, 6) is 0.0448. The molecule has 6 heteroatoms. The second-order valence-electron chi connectivity index (χ2n) is 4.27. The quantitative estimate of drug-likeness (QED) is 0.723. The summed E-state index contributed by atoms with van der Waals surface area (Å²) in [7, 11) is 1.29. The standard InChI is InChI=1S/C11H15N3O3/c1-17-10(16)9-12-5-2-8(14-9)13-6-11(7-15)3-4-11/h2,5,15H,3-4,6-7H2,1H3,(H,12,13,14). The molecule has 0 spiro atoms. The molecule has 0 aliphatic heterocycles. The SMILES string of the molecule is COC(=O)c1nccc(NCC2(CO)CC2)n1. The van der Waals surface area contributed by atoms with Crippen LogP contribution in [0.5, 0.6) is 0 Å². The van der Waals surface area contributed by atoms with E-state index in [1.807, 2.05) is 0 Å². The summed E-state index contributed by atoms with van der Waals surface area (Å²) in [6.45, 7) is 0.829. The molecule has 0 radical (unpaired) electrons. The predicted molar refractivity (Wildman–Crippen MR) is 60.6 cm³/mol. The summed E-state index contributed by atoms with van der Waals surface area (Å²) in [6.07, 6.45) is 3.54. The summed E-state index contributed by atoms with van der Waals surface area (Å²) in [6, 6.07) is 1.68. The van der Waals surface area contributed by atoms with Crippen molar-refractivity contribution < 1.29 is 14.6 Å². The smallest absolute Gasteiger partial charge is 0.376 e. The first-order chi connectivity index (χ1) is 8.19. The van der Waals surface area contributed by atoms with Gasteiger partial charge in [0.1, 0.15) is 5.82 Å². The average molecular weight is 237 g/mol. The second kappa shape index (κ2) is 4.67. The van der Waals surface area contributed by atoms with Crippen LogP contribution in [-0.2, 0) is 4.74 Å². The van der Waals surface area contributed by atoms with Crippen molar-refractivity contribution in [2.24, 2.45) is 5.41 Å². The van der Waals surface area contributed by atoms with Gasteiger partial charge in [0.25, 0.3) is 0 Å². The normalized spacial score (nSPS) is 16.4. The number of carbonyl (C=O) groups is 1. The Kier molecular flexibility index (Phi) is 3.23. The van der Waals surface area contributed by atoms with Gasteiger partial charge in [-0.3, -0.25) is 0 Å². The van der Waals surface area contributed by atoms with Gasteiger partial charge in [0.2, 0.25) is 5.82 Å². The van der Waals surface area contributed by atoms with E-state index in [9.17, 15) is 4.79 Å². The highest BCUT2D eigenvalue weighted by molar-refractivity contribution is 5.85. The molecule has 0 bridgehead atoms. The van der Waals surface area contributed by atoms with Gasteiger partial charge in [-0.2, -0.15) is 0 Å². The summed E-state index contributed by atoms with van der Waals surface area (Å²) >= 11 is 0. The molecule has 2 N–H and O–H groups in total. The Bertz CT molecular complexity index is 418. The van der Waals surface area contributed by atoms with Crippen molar-refractivity contribution >= 4 is 11.8 Å². The summed E-state index contributed by atoms with van der Waals surface area (Å²) in [4.78, 5) is 19.1. The zero-order valence-corrected chi connectivity index (χ0v) is 9.64. The maximum Gasteiger partial charge on any atom is 0.376 e. The lowest BCUT2D eigenvalue weighted by molar-refractivity contribution is 0.0587. The van der Waals surface area contributed by atoms with Crippen molar-refractivity contribution in [3.63, 3.8) is 0 Å². The van der Waals surface area contributed by atoms with Gasteiger partial charge in [-0.1, -0.05) is 0 Å². The van der Waals surface area contributed by atoms with Crippen LogP contribution in [0.1, 0.15) is 23.5 Å². The third kappa shape index (κ3) is 2.71. The monoisotopic (exact) mass is 237 g/mol. The number of rotatable bonds is 5. The first kappa shape index (κ1) is 11.8. The number of aliphatic hydroxyl groups is 1. The lowest BCUT2D eigenvalue weighted by Gasteiger charge is -2.13. The highest BCUT2D eigenvalue weighted by Crippen LogP contribution is 2.44. The summed E-state index contributed by atoms with van der Waals surface area (Å²) in [5.41, 5.74) is -0.00359. The lowest BCUT2D eigenvalue weighted by Crippen LogP contribution is -2.20. The Balaban J connectivity index is 1.99. The summed E-state index contributed by atoms with van der Waals surface area (Å²) < 4.78 is 4.54. The number of carbonyl (C=O) groups excluding carboxylic acids is 1. The van der Waals surface area contributed by atoms with E-state index in [1.165, 1.54) is 13.3 Å². The number of methoxy groups -OCH3 is 1. The van der Waals surface area contributed by atoms with E-state index < -0.39 is 5.97 Å². The van der Waals surface area contributed by atoms with Crippen molar-refractivity contribution in [2.75, 3.05) is 25.6 Å². The molecule has 2 rings (SSSR count). The van der Waals surface area contributed by atoms with Crippen molar-refractivity contribution in [3.8, 4) is 0 Å². The first-order valence-electron chi connectivity index (χ1n) is 5.45. The predicted octanol–water partition coefficient (Wildman–Crippen LogP) is 0.448. The van der Waals surface area contributed by atoms with E-state index in [2.05, 4.69) is 20.0 Å². The molecule has 0 unspecified atom stereocenters. The van der Waals surface area contributed by atoms with E-state index in [0.717, 1.165) is 12.8 Å². The van der Waals surface area contributed by atoms with Crippen LogP contribution in [0.2, 0.25) is 0 Å². The molecule has 1 fully saturated rings. The van der Waals surface area contributed by atoms with Crippen LogP contribution in [0.25, 0.3) is 0 Å². The second-order valence-corrected chi connectivity index (χ2v) is 4.27. The van der Waals surface area contributed by atoms with Gasteiger partial charge >= 0.3 is 5.97 Å². The molecule has 0 aromatic carbocycles. The largest absolute Gasteiger partial charge is 0.463 e. The van der Waals surface area contributed by atoms with Gasteiger partial charge in [0.05, 0.1) is 13.7 Å². The number of aliphatic hydroxyl groups excluding tert-OH is 1. The molecule has 1 aliphatic rings. The van der Waals surface area contributed by atoms with Crippen molar-refractivity contribution in [3.05, 3.63) is 18.1 Å². The van der Waals surface area contributed by atoms with Crippen LogP contribution in [0.4, 0.5) is 5.82 Å². The molecule has 1 aromatic rings. The maximum absolute atomic E-state index is 11.2. The molecule has 1 aliphatic carbocycles. The molecule has 1 aromatic heterocycles. The van der Waals surface area contributed by atoms with Crippen molar-refractivity contribution in [1.29, 1.82) is 0 Å². The highest BCUT2D eigenvalue weighted by Gasteiger charge is 2.41.